The Labute approximate surface area is 176 Å². The van der Waals surface area contributed by atoms with Crippen molar-refractivity contribution in [2.45, 2.75) is 25.4 Å². The first-order valence-corrected chi connectivity index (χ1v) is 9.61. The molecule has 1 saturated heterocycles. The SMILES string of the molecule is CN=C(NCC1CCCN(C)C1c1cccs1)N(C)Cc1ccon1.I. The van der Waals surface area contributed by atoms with Crippen LogP contribution in [0, 0.1) is 5.92 Å². The van der Waals surface area contributed by atoms with Crippen LogP contribution in [0.2, 0.25) is 0 Å². The highest BCUT2D eigenvalue weighted by atomic mass is 127. The molecule has 8 heteroatoms. The summed E-state index contributed by atoms with van der Waals surface area (Å²) in [4.78, 5) is 10.4. The zero-order valence-corrected chi connectivity index (χ0v) is 18.7. The van der Waals surface area contributed by atoms with Crippen LogP contribution in [0.3, 0.4) is 0 Å². The van der Waals surface area contributed by atoms with Crippen LogP contribution in [-0.2, 0) is 6.54 Å². The molecular formula is C18H28IN5OS. The average Bonchev–Trinajstić information content (AvgIpc) is 3.29. The lowest BCUT2D eigenvalue weighted by Gasteiger charge is -2.39. The molecule has 1 fully saturated rings. The van der Waals surface area contributed by atoms with Crippen molar-refractivity contribution >= 4 is 41.3 Å². The lowest BCUT2D eigenvalue weighted by molar-refractivity contribution is 0.124. The van der Waals surface area contributed by atoms with E-state index in [1.165, 1.54) is 24.3 Å². The van der Waals surface area contributed by atoms with Gasteiger partial charge < -0.3 is 14.7 Å². The van der Waals surface area contributed by atoms with Crippen molar-refractivity contribution in [2.75, 3.05) is 34.2 Å². The molecule has 2 unspecified atom stereocenters. The normalized spacial score (nSPS) is 21.3. The Morgan fingerprint density at radius 3 is 3.00 bits per heavy atom. The predicted molar refractivity (Wildman–Crippen MR) is 117 cm³/mol. The maximum atomic E-state index is 4.91. The van der Waals surface area contributed by atoms with E-state index in [0.29, 0.717) is 18.5 Å². The number of hydrogen-bond donors (Lipinski definition) is 1. The van der Waals surface area contributed by atoms with Gasteiger partial charge in [-0.15, -0.1) is 35.3 Å². The molecule has 1 aliphatic heterocycles. The quantitative estimate of drug-likeness (QED) is 0.396. The van der Waals surface area contributed by atoms with Crippen LogP contribution in [0.15, 0.2) is 39.4 Å². The molecule has 0 aliphatic carbocycles. The first-order valence-electron chi connectivity index (χ1n) is 8.73. The Morgan fingerprint density at radius 1 is 1.50 bits per heavy atom. The van der Waals surface area contributed by atoms with Gasteiger partial charge in [0.2, 0.25) is 0 Å². The Morgan fingerprint density at radius 2 is 2.35 bits per heavy atom. The summed E-state index contributed by atoms with van der Waals surface area (Å²) in [6, 6.07) is 6.78. The summed E-state index contributed by atoms with van der Waals surface area (Å²) in [5.74, 6) is 1.47. The molecule has 1 N–H and O–H groups in total. The minimum Gasteiger partial charge on any atom is -0.364 e. The highest BCUT2D eigenvalue weighted by Gasteiger charge is 2.31. The number of likely N-dealkylation sites (tertiary alicyclic amines) is 1. The van der Waals surface area contributed by atoms with Crippen molar-refractivity contribution < 1.29 is 4.52 Å². The van der Waals surface area contributed by atoms with Gasteiger partial charge in [-0.05, 0) is 43.8 Å². The second kappa shape index (κ2) is 10.3. The monoisotopic (exact) mass is 489 g/mol. The van der Waals surface area contributed by atoms with E-state index in [1.54, 1.807) is 6.26 Å². The lowest BCUT2D eigenvalue weighted by Crippen LogP contribution is -2.45. The molecule has 0 radical (unpaired) electrons. The standard InChI is InChI=1S/C18H27N5OS.HI/c1-19-18(23(3)13-15-8-10-24-21-15)20-12-14-6-4-9-22(2)17(14)16-7-5-11-25-16;/h5,7-8,10-11,14,17H,4,6,9,12-13H2,1-3H3,(H,19,20);1H. The van der Waals surface area contributed by atoms with Crippen molar-refractivity contribution in [3.63, 3.8) is 0 Å². The first kappa shape index (κ1) is 21.2. The van der Waals surface area contributed by atoms with E-state index in [0.717, 1.165) is 18.2 Å². The third-order valence-electron chi connectivity index (χ3n) is 4.83. The number of aromatic nitrogens is 1. The number of nitrogens with one attached hydrogen (secondary N) is 1. The highest BCUT2D eigenvalue weighted by Crippen LogP contribution is 2.36. The van der Waals surface area contributed by atoms with Gasteiger partial charge in [0.1, 0.15) is 12.0 Å². The molecule has 0 spiro atoms. The van der Waals surface area contributed by atoms with E-state index in [9.17, 15) is 0 Å². The average molecular weight is 489 g/mol. The number of aliphatic imine (C=N–C) groups is 1. The van der Waals surface area contributed by atoms with Crippen LogP contribution in [0.1, 0.15) is 29.5 Å². The molecule has 0 amide bonds. The molecule has 144 valence electrons. The largest absolute Gasteiger partial charge is 0.364 e. The van der Waals surface area contributed by atoms with Crippen molar-refractivity contribution in [2.24, 2.45) is 10.9 Å². The van der Waals surface area contributed by atoms with Gasteiger partial charge in [-0.1, -0.05) is 11.2 Å². The number of halogens is 1. The molecule has 0 bridgehead atoms. The molecule has 3 rings (SSSR count). The van der Waals surface area contributed by atoms with E-state index < -0.39 is 0 Å². The van der Waals surface area contributed by atoms with Gasteiger partial charge in [0.25, 0.3) is 0 Å². The second-order valence-electron chi connectivity index (χ2n) is 6.62. The summed E-state index contributed by atoms with van der Waals surface area (Å²) in [5, 5.41) is 9.71. The molecule has 26 heavy (non-hydrogen) atoms. The summed E-state index contributed by atoms with van der Waals surface area (Å²) in [6.07, 6.45) is 4.09. The molecule has 0 saturated carbocycles. The molecule has 6 nitrogen and oxygen atoms in total. The van der Waals surface area contributed by atoms with Crippen LogP contribution >= 0.6 is 35.3 Å². The summed E-state index contributed by atoms with van der Waals surface area (Å²) in [6.45, 7) is 2.76. The number of guanidine groups is 1. The fourth-order valence-corrected chi connectivity index (χ4v) is 4.61. The number of piperidine rings is 1. The molecular weight excluding hydrogens is 461 g/mol. The van der Waals surface area contributed by atoms with Gasteiger partial charge in [-0.3, -0.25) is 9.89 Å². The van der Waals surface area contributed by atoms with Crippen molar-refractivity contribution in [1.29, 1.82) is 0 Å². The summed E-state index contributed by atoms with van der Waals surface area (Å²) in [7, 11) is 6.08. The Hall–Kier alpha value is -1.13. The van der Waals surface area contributed by atoms with Crippen LogP contribution in [0.5, 0.6) is 0 Å². The lowest BCUT2D eigenvalue weighted by atomic mass is 9.88. The minimum absolute atomic E-state index is 0. The fraction of sp³-hybridized carbons (Fsp3) is 0.556. The van der Waals surface area contributed by atoms with Crippen molar-refractivity contribution in [1.82, 2.24) is 20.3 Å². The highest BCUT2D eigenvalue weighted by molar-refractivity contribution is 14.0. The number of thiophene rings is 1. The van der Waals surface area contributed by atoms with Gasteiger partial charge >= 0.3 is 0 Å². The Balaban J connectivity index is 0.00000243. The number of hydrogen-bond acceptors (Lipinski definition) is 5. The summed E-state index contributed by atoms with van der Waals surface area (Å²) < 4.78 is 4.91. The van der Waals surface area contributed by atoms with E-state index in [-0.39, 0.29) is 24.0 Å². The first-order chi connectivity index (χ1) is 12.2. The maximum Gasteiger partial charge on any atom is 0.193 e. The van der Waals surface area contributed by atoms with E-state index in [1.807, 2.05) is 31.5 Å². The van der Waals surface area contributed by atoms with E-state index in [2.05, 4.69) is 49.8 Å². The number of nitrogens with zero attached hydrogens (tertiary/aromatic N) is 4. The van der Waals surface area contributed by atoms with Gasteiger partial charge in [0, 0.05) is 37.6 Å². The third kappa shape index (κ3) is 5.20. The molecule has 2 atom stereocenters. The van der Waals surface area contributed by atoms with Crippen LogP contribution in [-0.4, -0.2) is 55.1 Å². The second-order valence-corrected chi connectivity index (χ2v) is 7.60. The van der Waals surface area contributed by atoms with Gasteiger partial charge in [-0.2, -0.15) is 0 Å². The van der Waals surface area contributed by atoms with E-state index in [4.69, 9.17) is 4.52 Å². The molecule has 1 aliphatic rings. The topological polar surface area (TPSA) is 56.9 Å². The molecule has 2 aromatic rings. The number of rotatable bonds is 5. The van der Waals surface area contributed by atoms with Crippen LogP contribution < -0.4 is 5.32 Å². The van der Waals surface area contributed by atoms with Gasteiger partial charge in [0.15, 0.2) is 5.96 Å². The third-order valence-corrected chi connectivity index (χ3v) is 5.77. The summed E-state index contributed by atoms with van der Waals surface area (Å²) in [5.41, 5.74) is 0.902. The molecule has 2 aromatic heterocycles. The zero-order valence-electron chi connectivity index (χ0n) is 15.6. The summed E-state index contributed by atoms with van der Waals surface area (Å²) >= 11 is 1.86. The van der Waals surface area contributed by atoms with Crippen LogP contribution in [0.25, 0.3) is 0 Å². The van der Waals surface area contributed by atoms with Crippen LogP contribution in [0.4, 0.5) is 0 Å². The molecule has 3 heterocycles. The Bertz CT molecular complexity index is 661. The van der Waals surface area contributed by atoms with Crippen molar-refractivity contribution in [3.8, 4) is 0 Å². The Kier molecular flexibility index (Phi) is 8.36. The minimum atomic E-state index is 0. The smallest absolute Gasteiger partial charge is 0.193 e. The van der Waals surface area contributed by atoms with Gasteiger partial charge in [0.05, 0.1) is 6.54 Å². The zero-order chi connectivity index (χ0) is 17.6. The van der Waals surface area contributed by atoms with Crippen molar-refractivity contribution in [3.05, 3.63) is 40.4 Å². The maximum absolute atomic E-state index is 4.91. The fourth-order valence-electron chi connectivity index (χ4n) is 3.63. The van der Waals surface area contributed by atoms with Gasteiger partial charge in [-0.25, -0.2) is 0 Å². The predicted octanol–water partition coefficient (Wildman–Crippen LogP) is 3.44. The van der Waals surface area contributed by atoms with E-state index >= 15 is 0 Å². The molecule has 0 aromatic carbocycles.